The van der Waals surface area contributed by atoms with Gasteiger partial charge in [0.1, 0.15) is 5.69 Å². The van der Waals surface area contributed by atoms with Gasteiger partial charge in [-0.1, -0.05) is 24.3 Å². The Morgan fingerprint density at radius 1 is 1.21 bits per heavy atom. The summed E-state index contributed by atoms with van der Waals surface area (Å²) in [4.78, 5) is 28.2. The lowest BCUT2D eigenvalue weighted by molar-refractivity contribution is 0.0976. The van der Waals surface area contributed by atoms with Gasteiger partial charge in [0.05, 0.1) is 0 Å². The number of fused-ring (bicyclic) bond motifs is 1. The molecule has 1 aromatic carbocycles. The zero-order valence-corrected chi connectivity index (χ0v) is 10.6. The highest BCUT2D eigenvalue weighted by molar-refractivity contribution is 6.06. The van der Waals surface area contributed by atoms with Crippen LogP contribution in [0.25, 0.3) is 0 Å². The van der Waals surface area contributed by atoms with Crippen molar-refractivity contribution >= 4 is 11.6 Å². The number of aromatic amines is 1. The summed E-state index contributed by atoms with van der Waals surface area (Å²) in [5.41, 5.74) is 2.17. The van der Waals surface area contributed by atoms with Crippen LogP contribution in [0.3, 0.4) is 0 Å². The molecule has 0 spiro atoms. The van der Waals surface area contributed by atoms with Crippen molar-refractivity contribution in [3.05, 3.63) is 64.1 Å². The minimum Gasteiger partial charge on any atom is -0.318 e. The van der Waals surface area contributed by atoms with Crippen molar-refractivity contribution < 1.29 is 4.79 Å². The largest absolute Gasteiger partial charge is 0.318 e. The molecule has 2 aromatic rings. The minimum atomic E-state index is -0.258. The number of hydrogen-bond acceptors (Lipinski definition) is 2. The molecule has 4 heteroatoms. The number of para-hydroxylation sites is 1. The topological polar surface area (TPSA) is 53.2 Å². The number of amides is 1. The third kappa shape index (κ3) is 1.95. The van der Waals surface area contributed by atoms with Crippen LogP contribution < -0.4 is 10.5 Å². The van der Waals surface area contributed by atoms with Crippen LogP contribution >= 0.6 is 0 Å². The fourth-order valence-corrected chi connectivity index (χ4v) is 2.58. The average molecular weight is 254 g/mol. The van der Waals surface area contributed by atoms with E-state index in [1.54, 1.807) is 17.0 Å². The van der Waals surface area contributed by atoms with Gasteiger partial charge in [0.15, 0.2) is 0 Å². The molecule has 19 heavy (non-hydrogen) atoms. The molecule has 3 rings (SSSR count). The standard InChI is InChI=1S/C15H14N2O2/c1-10-9-11-5-2-3-7-13(11)17(10)15(19)12-6-4-8-14(18)16-12/h2-8,10H,9H2,1H3,(H,16,18). The van der Waals surface area contributed by atoms with Gasteiger partial charge in [-0.3, -0.25) is 9.59 Å². The van der Waals surface area contributed by atoms with E-state index in [1.807, 2.05) is 31.2 Å². The number of carbonyl (C=O) groups is 1. The number of rotatable bonds is 1. The lowest BCUT2D eigenvalue weighted by atomic mass is 10.1. The molecule has 4 nitrogen and oxygen atoms in total. The van der Waals surface area contributed by atoms with Crippen LogP contribution in [0.1, 0.15) is 23.0 Å². The normalized spacial score (nSPS) is 17.3. The molecule has 1 aliphatic heterocycles. The number of carbonyl (C=O) groups excluding carboxylic acids is 1. The summed E-state index contributed by atoms with van der Waals surface area (Å²) in [7, 11) is 0. The van der Waals surface area contributed by atoms with Gasteiger partial charge in [-0.25, -0.2) is 0 Å². The van der Waals surface area contributed by atoms with Gasteiger partial charge in [0.2, 0.25) is 5.56 Å². The number of aromatic nitrogens is 1. The highest BCUT2D eigenvalue weighted by Gasteiger charge is 2.31. The molecule has 1 unspecified atom stereocenters. The van der Waals surface area contributed by atoms with Crippen molar-refractivity contribution in [3.63, 3.8) is 0 Å². The lowest BCUT2D eigenvalue weighted by Gasteiger charge is -2.22. The Balaban J connectivity index is 2.03. The number of benzene rings is 1. The molecule has 1 atom stereocenters. The molecule has 0 saturated carbocycles. The quantitative estimate of drug-likeness (QED) is 0.845. The summed E-state index contributed by atoms with van der Waals surface area (Å²) in [6.07, 6.45) is 0.846. The Morgan fingerprint density at radius 3 is 2.79 bits per heavy atom. The number of pyridine rings is 1. The maximum atomic E-state index is 12.5. The Kier molecular flexibility index (Phi) is 2.71. The van der Waals surface area contributed by atoms with Crippen LogP contribution in [0.15, 0.2) is 47.3 Å². The van der Waals surface area contributed by atoms with Crippen LogP contribution in [0, 0.1) is 0 Å². The van der Waals surface area contributed by atoms with E-state index in [9.17, 15) is 9.59 Å². The summed E-state index contributed by atoms with van der Waals surface area (Å²) >= 11 is 0. The van der Waals surface area contributed by atoms with Gasteiger partial charge >= 0.3 is 0 Å². The molecule has 1 N–H and O–H groups in total. The van der Waals surface area contributed by atoms with Crippen LogP contribution in [0.2, 0.25) is 0 Å². The van der Waals surface area contributed by atoms with Crippen molar-refractivity contribution in [1.29, 1.82) is 0 Å². The zero-order chi connectivity index (χ0) is 13.4. The molecule has 0 saturated heterocycles. The highest BCUT2D eigenvalue weighted by Crippen LogP contribution is 2.32. The smallest absolute Gasteiger partial charge is 0.275 e. The van der Waals surface area contributed by atoms with E-state index < -0.39 is 0 Å². The summed E-state index contributed by atoms with van der Waals surface area (Å²) in [5.74, 6) is -0.157. The Labute approximate surface area is 110 Å². The fraction of sp³-hybridized carbons (Fsp3) is 0.200. The van der Waals surface area contributed by atoms with Gasteiger partial charge in [-0.05, 0) is 31.0 Å². The van der Waals surface area contributed by atoms with Crippen LogP contribution in [0.4, 0.5) is 5.69 Å². The summed E-state index contributed by atoms with van der Waals surface area (Å²) < 4.78 is 0. The molecule has 2 heterocycles. The fourth-order valence-electron chi connectivity index (χ4n) is 2.58. The van der Waals surface area contributed by atoms with Crippen LogP contribution in [-0.4, -0.2) is 16.9 Å². The number of hydrogen-bond donors (Lipinski definition) is 1. The Bertz CT molecular complexity index is 690. The van der Waals surface area contributed by atoms with Crippen molar-refractivity contribution in [2.75, 3.05) is 4.90 Å². The predicted octanol–water partition coefficient (Wildman–Crippen LogP) is 1.97. The lowest BCUT2D eigenvalue weighted by Crippen LogP contribution is -2.36. The number of nitrogens with one attached hydrogen (secondary N) is 1. The zero-order valence-electron chi connectivity index (χ0n) is 10.6. The van der Waals surface area contributed by atoms with E-state index in [4.69, 9.17) is 0 Å². The molecule has 96 valence electrons. The highest BCUT2D eigenvalue weighted by atomic mass is 16.2. The van der Waals surface area contributed by atoms with Gasteiger partial charge in [-0.2, -0.15) is 0 Å². The molecule has 1 aromatic heterocycles. The third-order valence-corrected chi connectivity index (χ3v) is 3.42. The van der Waals surface area contributed by atoms with Crippen molar-refractivity contribution in [3.8, 4) is 0 Å². The van der Waals surface area contributed by atoms with Gasteiger partial charge in [-0.15, -0.1) is 0 Å². The van der Waals surface area contributed by atoms with Gasteiger partial charge < -0.3 is 9.88 Å². The summed E-state index contributed by atoms with van der Waals surface area (Å²) in [5, 5.41) is 0. The average Bonchev–Trinajstić information content (AvgIpc) is 2.74. The first-order valence-electron chi connectivity index (χ1n) is 6.27. The molecule has 1 amide bonds. The second-order valence-electron chi connectivity index (χ2n) is 4.79. The van der Waals surface area contributed by atoms with Gasteiger partial charge in [0.25, 0.3) is 5.91 Å². The van der Waals surface area contributed by atoms with Crippen LogP contribution in [-0.2, 0) is 6.42 Å². The number of anilines is 1. The molecular formula is C15H14N2O2. The van der Waals surface area contributed by atoms with E-state index in [2.05, 4.69) is 4.98 Å². The summed E-state index contributed by atoms with van der Waals surface area (Å²) in [6, 6.07) is 12.6. The Morgan fingerprint density at radius 2 is 2.00 bits per heavy atom. The SMILES string of the molecule is CC1Cc2ccccc2N1C(=O)c1cccc(=O)[nH]1. The third-order valence-electron chi connectivity index (χ3n) is 3.42. The number of nitrogens with zero attached hydrogens (tertiary/aromatic N) is 1. The van der Waals surface area contributed by atoms with E-state index in [0.717, 1.165) is 12.1 Å². The van der Waals surface area contributed by atoms with Gasteiger partial charge in [0, 0.05) is 17.8 Å². The van der Waals surface area contributed by atoms with E-state index in [0.29, 0.717) is 5.69 Å². The maximum Gasteiger partial charge on any atom is 0.275 e. The molecule has 0 bridgehead atoms. The van der Waals surface area contributed by atoms with E-state index in [1.165, 1.54) is 11.6 Å². The molecule has 1 aliphatic rings. The monoisotopic (exact) mass is 254 g/mol. The van der Waals surface area contributed by atoms with E-state index >= 15 is 0 Å². The minimum absolute atomic E-state index is 0.105. The molecule has 0 radical (unpaired) electrons. The van der Waals surface area contributed by atoms with Crippen molar-refractivity contribution in [2.45, 2.75) is 19.4 Å². The number of H-pyrrole nitrogens is 1. The first-order chi connectivity index (χ1) is 9.16. The predicted molar refractivity (Wildman–Crippen MR) is 73.5 cm³/mol. The van der Waals surface area contributed by atoms with Crippen molar-refractivity contribution in [2.24, 2.45) is 0 Å². The first-order valence-corrected chi connectivity index (χ1v) is 6.27. The molecule has 0 fully saturated rings. The first kappa shape index (κ1) is 11.7. The second kappa shape index (κ2) is 4.39. The van der Waals surface area contributed by atoms with Crippen molar-refractivity contribution in [1.82, 2.24) is 4.98 Å². The molecular weight excluding hydrogens is 240 g/mol. The maximum absolute atomic E-state index is 12.5. The Hall–Kier alpha value is -2.36. The van der Waals surface area contributed by atoms with Crippen LogP contribution in [0.5, 0.6) is 0 Å². The summed E-state index contributed by atoms with van der Waals surface area (Å²) in [6.45, 7) is 2.01. The molecule has 0 aliphatic carbocycles. The second-order valence-corrected chi connectivity index (χ2v) is 4.79. The van der Waals surface area contributed by atoms with E-state index in [-0.39, 0.29) is 17.5 Å².